The van der Waals surface area contributed by atoms with E-state index < -0.39 is 0 Å². The van der Waals surface area contributed by atoms with Gasteiger partial charge in [0.25, 0.3) is 6.71 Å². The molecule has 2 aromatic heterocycles. The van der Waals surface area contributed by atoms with Gasteiger partial charge in [0.2, 0.25) is 0 Å². The second kappa shape index (κ2) is 17.7. The molecule has 4 nitrogen and oxygen atoms in total. The lowest BCUT2D eigenvalue weighted by atomic mass is 9.32. The van der Waals surface area contributed by atoms with Crippen LogP contribution in [0.4, 0.5) is 45.5 Å². The minimum atomic E-state index is -0.280. The van der Waals surface area contributed by atoms with Crippen molar-refractivity contribution in [1.82, 2.24) is 0 Å². The molecule has 432 valence electrons. The van der Waals surface area contributed by atoms with Crippen molar-refractivity contribution in [2.75, 3.05) is 14.7 Å². The second-order valence-electron chi connectivity index (χ2n) is 29.7. The smallest absolute Gasteiger partial charge is 0.252 e. The highest BCUT2D eigenvalue weighted by atomic mass is 32.1. The molecule has 0 saturated heterocycles. The highest BCUT2D eigenvalue weighted by molar-refractivity contribution is 7.26. The Hall–Kier alpha value is -8.32. The fourth-order valence-electron chi connectivity index (χ4n) is 18.4. The lowest BCUT2D eigenvalue weighted by Gasteiger charge is -2.51. The Balaban J connectivity index is 1.02. The average molecular weight is 1160 g/mol. The summed E-state index contributed by atoms with van der Waals surface area (Å²) in [6, 6.07) is 75.6. The predicted molar refractivity (Wildman–Crippen MR) is 375 cm³/mol. The first-order valence-corrected chi connectivity index (χ1v) is 33.3. The molecule has 1 fully saturated rings. The third-order valence-electron chi connectivity index (χ3n) is 23.5. The van der Waals surface area contributed by atoms with Gasteiger partial charge in [0.15, 0.2) is 5.58 Å². The Bertz CT molecular complexity index is 5020. The summed E-state index contributed by atoms with van der Waals surface area (Å²) in [6.07, 6.45) is 6.86. The van der Waals surface area contributed by atoms with E-state index >= 15 is 0 Å². The molecule has 18 rings (SSSR count). The van der Waals surface area contributed by atoms with Crippen molar-refractivity contribution in [2.24, 2.45) is 0 Å². The van der Waals surface area contributed by atoms with Gasteiger partial charge in [0.1, 0.15) is 5.58 Å². The molecule has 0 spiro atoms. The second-order valence-corrected chi connectivity index (χ2v) is 30.8. The first-order chi connectivity index (χ1) is 42.4. The normalized spacial score (nSPS) is 21.2. The highest BCUT2D eigenvalue weighted by Gasteiger charge is 2.59. The van der Waals surface area contributed by atoms with E-state index in [-0.39, 0.29) is 39.3 Å². The van der Waals surface area contributed by atoms with Gasteiger partial charge in [-0.25, -0.2) is 0 Å². The van der Waals surface area contributed by atoms with Crippen molar-refractivity contribution in [3.05, 3.63) is 233 Å². The molecule has 12 aromatic rings. The van der Waals surface area contributed by atoms with E-state index in [0.717, 1.165) is 53.3 Å². The quantitative estimate of drug-likeness (QED) is 0.164. The first kappa shape index (κ1) is 52.8. The van der Waals surface area contributed by atoms with Crippen LogP contribution in [0.2, 0.25) is 0 Å². The average Bonchev–Trinajstić information content (AvgIpc) is 0.927. The van der Waals surface area contributed by atoms with Crippen molar-refractivity contribution in [3.8, 4) is 11.1 Å². The maximum Gasteiger partial charge on any atom is 0.252 e. The van der Waals surface area contributed by atoms with E-state index in [1.165, 1.54) is 139 Å². The monoisotopic (exact) mass is 1160 g/mol. The Morgan fingerprint density at radius 3 is 1.69 bits per heavy atom. The zero-order valence-corrected chi connectivity index (χ0v) is 53.3. The summed E-state index contributed by atoms with van der Waals surface area (Å²) in [5.74, 6) is 0. The van der Waals surface area contributed by atoms with Gasteiger partial charge in [-0.1, -0.05) is 209 Å². The number of thiophene rings is 1. The third-order valence-corrected chi connectivity index (χ3v) is 24.7. The number of hydrogen-bond acceptors (Lipinski definition) is 5. The van der Waals surface area contributed by atoms with Gasteiger partial charge in [-0.15, -0.1) is 11.3 Å². The van der Waals surface area contributed by atoms with Gasteiger partial charge in [0.05, 0.1) is 21.6 Å². The zero-order valence-electron chi connectivity index (χ0n) is 52.5. The zero-order chi connectivity index (χ0) is 59.8. The third kappa shape index (κ3) is 6.83. The van der Waals surface area contributed by atoms with Crippen molar-refractivity contribution < 1.29 is 4.42 Å². The van der Waals surface area contributed by atoms with Crippen LogP contribution in [0, 0.1) is 0 Å². The standard InChI is InChI=1S/C82H74BN3OS/c1-77(2)40-41-78(3,4)59-47-68-63(45-58(59)77)83-64-46-60-61(80(7,8)57-31-17-16-30-56(57)79(60,5)6)48-69(64)85(67-33-23-29-55-53-27-15-19-35-73(53)88-76(55)67)71-44-51(43-70(74(71)83)84(68)66-32-22-28-54-52-26-14-18-34-72(52)87-75(54)66)86-65-37-36-50(49-24-12-11-13-25-49)42-62(65)81(9)38-20-21-39-82(81,86)10/h11-19,22-37,42-48H,20-21,38-41H2,1-10H3. The SMILES string of the molecule is CC1(C)CCC(C)(C)c2cc3c(cc21)B1c2cc4c(cc2N(c2cccc5c2sc2ccccc25)c2cc(N5c6ccc(-c7ccccc7)cc6C6(C)CCCCC56C)cc(c21)N3c1cccc2c1oc1ccccc12)C(C)(C)c1ccccc1C4(C)C. The van der Waals surface area contributed by atoms with Crippen LogP contribution in [0.1, 0.15) is 147 Å². The maximum absolute atomic E-state index is 7.27. The van der Waals surface area contributed by atoms with Gasteiger partial charge < -0.3 is 19.1 Å². The van der Waals surface area contributed by atoms with Crippen molar-refractivity contribution in [3.63, 3.8) is 0 Å². The molecule has 0 bridgehead atoms. The largest absolute Gasteiger partial charge is 0.454 e. The maximum atomic E-state index is 7.27. The number of rotatable bonds is 4. The number of furan rings is 1. The molecule has 3 aliphatic carbocycles. The van der Waals surface area contributed by atoms with E-state index in [1.54, 1.807) is 0 Å². The minimum Gasteiger partial charge on any atom is -0.454 e. The lowest BCUT2D eigenvalue weighted by molar-refractivity contribution is 0.195. The number of fused-ring (bicyclic) bond motifs is 16. The highest BCUT2D eigenvalue weighted by Crippen LogP contribution is 2.63. The fraction of sp³-hybridized carbons (Fsp3) is 0.268. The Kier molecular flexibility index (Phi) is 10.6. The summed E-state index contributed by atoms with van der Waals surface area (Å²) in [5, 5.41) is 4.88. The molecule has 0 amide bonds. The van der Waals surface area contributed by atoms with Gasteiger partial charge >= 0.3 is 0 Å². The summed E-state index contributed by atoms with van der Waals surface area (Å²) in [7, 11) is 0. The molecule has 2 unspecified atom stereocenters. The summed E-state index contributed by atoms with van der Waals surface area (Å²) < 4.78 is 9.88. The summed E-state index contributed by atoms with van der Waals surface area (Å²) in [6.45, 7) is 25.0. The number of anilines is 8. The molecule has 6 aliphatic rings. The van der Waals surface area contributed by atoms with Crippen LogP contribution in [0.5, 0.6) is 0 Å². The van der Waals surface area contributed by atoms with Crippen molar-refractivity contribution in [1.29, 1.82) is 0 Å². The van der Waals surface area contributed by atoms with E-state index in [9.17, 15) is 0 Å². The molecule has 0 radical (unpaired) electrons. The predicted octanol–water partition coefficient (Wildman–Crippen LogP) is 20.8. The van der Waals surface area contributed by atoms with Crippen LogP contribution < -0.4 is 31.1 Å². The van der Waals surface area contributed by atoms with Crippen LogP contribution in [0.3, 0.4) is 0 Å². The van der Waals surface area contributed by atoms with Crippen LogP contribution >= 0.6 is 11.3 Å². The van der Waals surface area contributed by atoms with Crippen LogP contribution in [-0.4, -0.2) is 12.3 Å². The van der Waals surface area contributed by atoms with Gasteiger partial charge in [-0.3, -0.25) is 0 Å². The number of para-hydroxylation sites is 2. The lowest BCUT2D eigenvalue weighted by Crippen LogP contribution is -2.62. The molecule has 3 aliphatic heterocycles. The van der Waals surface area contributed by atoms with Crippen molar-refractivity contribution >= 4 is 122 Å². The summed E-state index contributed by atoms with van der Waals surface area (Å²) >= 11 is 1.94. The van der Waals surface area contributed by atoms with E-state index in [1.807, 2.05) is 11.3 Å². The Morgan fingerprint density at radius 1 is 0.398 bits per heavy atom. The van der Waals surface area contributed by atoms with Gasteiger partial charge in [0, 0.05) is 76.6 Å². The molecule has 0 N–H and O–H groups in total. The molecule has 88 heavy (non-hydrogen) atoms. The van der Waals surface area contributed by atoms with Crippen LogP contribution in [0.25, 0.3) is 53.2 Å². The molecule has 10 aromatic carbocycles. The molecular formula is C82H74BN3OS. The van der Waals surface area contributed by atoms with E-state index in [0.29, 0.717) is 0 Å². The first-order valence-electron chi connectivity index (χ1n) is 32.4. The minimum absolute atomic E-state index is 0.0338. The Morgan fingerprint density at radius 2 is 0.966 bits per heavy atom. The Labute approximate surface area is 522 Å². The number of benzene rings is 10. The topological polar surface area (TPSA) is 22.9 Å². The van der Waals surface area contributed by atoms with E-state index in [4.69, 9.17) is 4.42 Å². The molecule has 1 saturated carbocycles. The van der Waals surface area contributed by atoms with Crippen LogP contribution in [0.15, 0.2) is 199 Å². The molecule has 2 atom stereocenters. The molecule has 5 heterocycles. The molecule has 6 heteroatoms. The van der Waals surface area contributed by atoms with Gasteiger partial charge in [-0.05, 0) is 171 Å². The fourth-order valence-corrected chi connectivity index (χ4v) is 19.6. The van der Waals surface area contributed by atoms with Crippen LogP contribution in [-0.2, 0) is 27.1 Å². The van der Waals surface area contributed by atoms with Gasteiger partial charge in [-0.2, -0.15) is 0 Å². The summed E-state index contributed by atoms with van der Waals surface area (Å²) in [5.41, 5.74) is 27.3. The van der Waals surface area contributed by atoms with Crippen molar-refractivity contribution in [2.45, 2.75) is 140 Å². The number of nitrogens with zero attached hydrogens (tertiary/aromatic N) is 3. The molecular weight excluding hydrogens is 1090 g/mol. The van der Waals surface area contributed by atoms with E-state index in [2.05, 4.69) is 278 Å². The number of hydrogen-bond donors (Lipinski definition) is 0. The summed E-state index contributed by atoms with van der Waals surface area (Å²) in [4.78, 5) is 8.31.